The summed E-state index contributed by atoms with van der Waals surface area (Å²) in [6.45, 7) is 0.892. The SMILES string of the molecule is O=S(=O)(Cl)OCCOCCCCCCCCCCCS. The van der Waals surface area contributed by atoms with Crippen molar-refractivity contribution >= 4 is 32.6 Å². The third-order valence-corrected chi connectivity index (χ3v) is 3.93. The Morgan fingerprint density at radius 2 is 1.25 bits per heavy atom. The summed E-state index contributed by atoms with van der Waals surface area (Å²) in [4.78, 5) is 0. The Bertz CT molecular complexity index is 297. The summed E-state index contributed by atoms with van der Waals surface area (Å²) in [5.74, 6) is 1.00. The summed E-state index contributed by atoms with van der Waals surface area (Å²) in [6.07, 6.45) is 11.2. The van der Waals surface area contributed by atoms with Crippen molar-refractivity contribution in [2.24, 2.45) is 0 Å². The Morgan fingerprint density at radius 1 is 0.750 bits per heavy atom. The molecule has 0 atom stereocenters. The zero-order valence-electron chi connectivity index (χ0n) is 12.1. The summed E-state index contributed by atoms with van der Waals surface area (Å²) >= 11 is 4.19. The summed E-state index contributed by atoms with van der Waals surface area (Å²) in [7, 11) is 1.02. The van der Waals surface area contributed by atoms with Crippen LogP contribution in [0.5, 0.6) is 0 Å². The predicted molar refractivity (Wildman–Crippen MR) is 86.9 cm³/mol. The van der Waals surface area contributed by atoms with Crippen molar-refractivity contribution in [2.75, 3.05) is 25.6 Å². The number of hydrogen-bond donors (Lipinski definition) is 1. The number of ether oxygens (including phenoxy) is 1. The van der Waals surface area contributed by atoms with Gasteiger partial charge in [-0.15, -0.1) is 0 Å². The molecule has 0 heterocycles. The highest BCUT2D eigenvalue weighted by Crippen LogP contribution is 2.10. The van der Waals surface area contributed by atoms with Gasteiger partial charge in [0, 0.05) is 17.3 Å². The van der Waals surface area contributed by atoms with Crippen LogP contribution in [-0.2, 0) is 18.3 Å². The lowest BCUT2D eigenvalue weighted by atomic mass is 10.1. The van der Waals surface area contributed by atoms with E-state index in [0.29, 0.717) is 6.61 Å². The van der Waals surface area contributed by atoms with Crippen LogP contribution >= 0.6 is 23.3 Å². The van der Waals surface area contributed by atoms with Crippen LogP contribution in [0.15, 0.2) is 0 Å². The van der Waals surface area contributed by atoms with Crippen molar-refractivity contribution in [1.29, 1.82) is 0 Å². The largest absolute Gasteiger partial charge is 0.379 e. The Hall–Kier alpha value is 0.510. The third-order valence-electron chi connectivity index (χ3n) is 2.90. The first-order valence-electron chi connectivity index (χ1n) is 7.34. The first-order chi connectivity index (χ1) is 9.56. The zero-order chi connectivity index (χ0) is 15.1. The second-order valence-corrected chi connectivity index (χ2v) is 7.34. The lowest BCUT2D eigenvalue weighted by molar-refractivity contribution is 0.1000. The molecule has 7 heteroatoms. The maximum atomic E-state index is 10.4. The van der Waals surface area contributed by atoms with E-state index in [9.17, 15) is 8.42 Å². The average molecular weight is 347 g/mol. The van der Waals surface area contributed by atoms with Crippen molar-refractivity contribution in [3.05, 3.63) is 0 Å². The van der Waals surface area contributed by atoms with Gasteiger partial charge in [-0.3, -0.25) is 4.18 Å². The van der Waals surface area contributed by atoms with Crippen LogP contribution in [0.3, 0.4) is 0 Å². The van der Waals surface area contributed by atoms with Gasteiger partial charge in [-0.2, -0.15) is 21.0 Å². The van der Waals surface area contributed by atoms with Crippen molar-refractivity contribution in [3.63, 3.8) is 0 Å². The Labute approximate surface area is 133 Å². The van der Waals surface area contributed by atoms with Crippen LogP contribution in [0.4, 0.5) is 0 Å². The van der Waals surface area contributed by atoms with Gasteiger partial charge >= 0.3 is 9.33 Å². The lowest BCUT2D eigenvalue weighted by Crippen LogP contribution is -2.07. The quantitative estimate of drug-likeness (QED) is 0.277. The van der Waals surface area contributed by atoms with Gasteiger partial charge in [0.15, 0.2) is 0 Å². The highest BCUT2D eigenvalue weighted by Gasteiger charge is 2.03. The number of thiol groups is 1. The fourth-order valence-corrected chi connectivity index (χ4v) is 2.53. The lowest BCUT2D eigenvalue weighted by Gasteiger charge is -2.04. The first kappa shape index (κ1) is 20.5. The van der Waals surface area contributed by atoms with Crippen LogP contribution in [0.25, 0.3) is 0 Å². The Morgan fingerprint density at radius 3 is 1.75 bits per heavy atom. The average Bonchev–Trinajstić information content (AvgIpc) is 2.38. The smallest absolute Gasteiger partial charge is 0.355 e. The van der Waals surface area contributed by atoms with Gasteiger partial charge in [-0.25, -0.2) is 0 Å². The predicted octanol–water partition coefficient (Wildman–Crippen LogP) is 3.94. The standard InChI is InChI=1S/C13H27ClO4S2/c14-20(15,16)18-12-11-17-10-8-6-4-2-1-3-5-7-9-13-19/h19H,1-13H2. The van der Waals surface area contributed by atoms with Crippen molar-refractivity contribution < 1.29 is 17.3 Å². The second-order valence-electron chi connectivity index (χ2n) is 4.73. The van der Waals surface area contributed by atoms with E-state index in [0.717, 1.165) is 18.6 Å². The molecule has 0 saturated heterocycles. The van der Waals surface area contributed by atoms with Crippen molar-refractivity contribution in [2.45, 2.75) is 57.8 Å². The Kier molecular flexibility index (Phi) is 14.8. The molecule has 0 aromatic carbocycles. The Balaban J connectivity index is 3.03. The van der Waals surface area contributed by atoms with Crippen molar-refractivity contribution in [1.82, 2.24) is 0 Å². The molecule has 0 radical (unpaired) electrons. The van der Waals surface area contributed by atoms with E-state index in [4.69, 9.17) is 15.4 Å². The molecule has 0 bridgehead atoms. The maximum absolute atomic E-state index is 10.4. The van der Waals surface area contributed by atoms with E-state index < -0.39 is 9.33 Å². The van der Waals surface area contributed by atoms with E-state index in [1.165, 1.54) is 44.9 Å². The number of halogens is 1. The topological polar surface area (TPSA) is 52.6 Å². The van der Waals surface area contributed by atoms with Gasteiger partial charge in [0.05, 0.1) is 13.2 Å². The third kappa shape index (κ3) is 18.5. The summed E-state index contributed by atoms with van der Waals surface area (Å²) in [6, 6.07) is 0. The molecule has 0 rings (SSSR count). The molecular formula is C13H27ClO4S2. The monoisotopic (exact) mass is 346 g/mol. The van der Waals surface area contributed by atoms with Gasteiger partial charge in [0.25, 0.3) is 0 Å². The van der Waals surface area contributed by atoms with E-state index in [1.54, 1.807) is 0 Å². The minimum Gasteiger partial charge on any atom is -0.379 e. The normalized spacial score (nSPS) is 11.9. The molecule has 0 amide bonds. The molecule has 0 aliphatic rings. The molecule has 0 aliphatic carbocycles. The molecule has 0 unspecified atom stereocenters. The fraction of sp³-hybridized carbons (Fsp3) is 1.00. The molecule has 0 N–H and O–H groups in total. The molecule has 0 aromatic rings. The van der Waals surface area contributed by atoms with Crippen LogP contribution in [0.2, 0.25) is 0 Å². The van der Waals surface area contributed by atoms with E-state index >= 15 is 0 Å². The molecule has 0 aliphatic heterocycles. The second kappa shape index (κ2) is 14.4. The van der Waals surface area contributed by atoms with Crippen LogP contribution < -0.4 is 0 Å². The minimum atomic E-state index is -3.85. The summed E-state index contributed by atoms with van der Waals surface area (Å²) < 4.78 is 30.5. The van der Waals surface area contributed by atoms with E-state index in [2.05, 4.69) is 16.8 Å². The highest BCUT2D eigenvalue weighted by molar-refractivity contribution is 8.09. The van der Waals surface area contributed by atoms with Crippen LogP contribution in [0.1, 0.15) is 57.8 Å². The van der Waals surface area contributed by atoms with Crippen LogP contribution in [0, 0.1) is 0 Å². The number of unbranched alkanes of at least 4 members (excludes halogenated alkanes) is 8. The molecule has 0 saturated carbocycles. The van der Waals surface area contributed by atoms with Crippen LogP contribution in [-0.4, -0.2) is 34.0 Å². The van der Waals surface area contributed by atoms with Crippen molar-refractivity contribution in [3.8, 4) is 0 Å². The summed E-state index contributed by atoms with van der Waals surface area (Å²) in [5, 5.41) is 0. The number of hydrogen-bond acceptors (Lipinski definition) is 5. The molecule has 0 fully saturated rings. The van der Waals surface area contributed by atoms with Gasteiger partial charge in [-0.1, -0.05) is 44.9 Å². The van der Waals surface area contributed by atoms with E-state index in [-0.39, 0.29) is 13.2 Å². The molecule has 4 nitrogen and oxygen atoms in total. The molecule has 122 valence electrons. The minimum absolute atomic E-state index is 0.0158. The molecule has 20 heavy (non-hydrogen) atoms. The molecule has 0 spiro atoms. The molecule has 0 aromatic heterocycles. The fourth-order valence-electron chi connectivity index (χ4n) is 1.85. The van der Waals surface area contributed by atoms with Gasteiger partial charge in [0.2, 0.25) is 0 Å². The van der Waals surface area contributed by atoms with E-state index in [1.807, 2.05) is 0 Å². The van der Waals surface area contributed by atoms with Gasteiger partial charge < -0.3 is 4.74 Å². The zero-order valence-corrected chi connectivity index (χ0v) is 14.5. The van der Waals surface area contributed by atoms with Gasteiger partial charge in [0.1, 0.15) is 0 Å². The highest BCUT2D eigenvalue weighted by atomic mass is 35.7. The van der Waals surface area contributed by atoms with Gasteiger partial charge in [-0.05, 0) is 18.6 Å². The number of rotatable bonds is 15. The first-order valence-corrected chi connectivity index (χ1v) is 10.2. The summed E-state index contributed by atoms with van der Waals surface area (Å²) in [5.41, 5.74) is 0. The maximum Gasteiger partial charge on any atom is 0.355 e. The molecular weight excluding hydrogens is 320 g/mol.